The molecule has 106 valence electrons. The topological polar surface area (TPSA) is 15.3 Å². The van der Waals surface area contributed by atoms with E-state index in [4.69, 9.17) is 0 Å². The van der Waals surface area contributed by atoms with E-state index in [0.29, 0.717) is 0 Å². The maximum absolute atomic E-state index is 3.76. The average molecular weight is 278 g/mol. The van der Waals surface area contributed by atoms with Gasteiger partial charge in [0.1, 0.15) is 0 Å². The van der Waals surface area contributed by atoms with E-state index in [9.17, 15) is 0 Å². The number of rotatable bonds is 5. The third kappa shape index (κ3) is 3.04. The monoisotopic (exact) mass is 278 g/mol. The lowest BCUT2D eigenvalue weighted by Crippen LogP contribution is -2.48. The fourth-order valence-corrected chi connectivity index (χ4v) is 4.68. The van der Waals surface area contributed by atoms with Gasteiger partial charge in [0.05, 0.1) is 0 Å². The Labute approximate surface area is 121 Å². The molecule has 2 saturated heterocycles. The van der Waals surface area contributed by atoms with Crippen LogP contribution in [0, 0.1) is 6.92 Å². The molecule has 1 aromatic rings. The lowest BCUT2D eigenvalue weighted by Gasteiger charge is -2.37. The molecule has 2 atom stereocenters. The normalized spacial score (nSPS) is 30.2. The summed E-state index contributed by atoms with van der Waals surface area (Å²) >= 11 is 1.93. The highest BCUT2D eigenvalue weighted by Gasteiger charge is 2.35. The van der Waals surface area contributed by atoms with Crippen LogP contribution in [0.1, 0.15) is 49.5 Å². The summed E-state index contributed by atoms with van der Waals surface area (Å²) in [5.74, 6) is 0. The molecular formula is C16H26N2S. The molecular weight excluding hydrogens is 252 g/mol. The number of hydrogen-bond acceptors (Lipinski definition) is 3. The lowest BCUT2D eigenvalue weighted by atomic mass is 9.97. The van der Waals surface area contributed by atoms with Gasteiger partial charge in [-0.15, -0.1) is 11.3 Å². The van der Waals surface area contributed by atoms with Gasteiger partial charge in [0.25, 0.3) is 0 Å². The Kier molecular flexibility index (Phi) is 4.25. The number of nitrogens with zero attached hydrogens (tertiary/aromatic N) is 1. The van der Waals surface area contributed by atoms with E-state index in [1.54, 1.807) is 4.88 Å². The zero-order valence-corrected chi connectivity index (χ0v) is 13.0. The van der Waals surface area contributed by atoms with Gasteiger partial charge in [-0.1, -0.05) is 6.92 Å². The van der Waals surface area contributed by atoms with E-state index in [1.165, 1.54) is 50.8 Å². The van der Waals surface area contributed by atoms with Gasteiger partial charge in [0, 0.05) is 29.5 Å². The maximum Gasteiger partial charge on any atom is 0.0333 e. The van der Waals surface area contributed by atoms with Crippen LogP contribution in [-0.4, -0.2) is 29.6 Å². The van der Waals surface area contributed by atoms with Crippen LogP contribution in [0.15, 0.2) is 11.4 Å². The number of nitrogens with one attached hydrogen (secondary N) is 1. The van der Waals surface area contributed by atoms with Crippen molar-refractivity contribution in [3.63, 3.8) is 0 Å². The molecule has 3 rings (SSSR count). The number of fused-ring (bicyclic) bond motifs is 2. The SMILES string of the molecule is CCCN(Cc1sccc1C)C1CC2CCC(C1)N2. The molecule has 2 unspecified atom stereocenters. The Balaban J connectivity index is 1.68. The van der Waals surface area contributed by atoms with Crippen molar-refractivity contribution < 1.29 is 0 Å². The molecule has 3 heterocycles. The number of piperidine rings is 1. The molecule has 0 aliphatic carbocycles. The van der Waals surface area contributed by atoms with Crippen molar-refractivity contribution in [2.45, 2.75) is 70.6 Å². The summed E-state index contributed by atoms with van der Waals surface area (Å²) in [5, 5.41) is 6.00. The van der Waals surface area contributed by atoms with Crippen LogP contribution in [0.4, 0.5) is 0 Å². The Morgan fingerprint density at radius 1 is 1.32 bits per heavy atom. The lowest BCUT2D eigenvalue weighted by molar-refractivity contribution is 0.135. The molecule has 1 N–H and O–H groups in total. The van der Waals surface area contributed by atoms with Gasteiger partial charge in [0.15, 0.2) is 0 Å². The summed E-state index contributed by atoms with van der Waals surface area (Å²) in [6, 6.07) is 4.66. The average Bonchev–Trinajstić information content (AvgIpc) is 2.95. The highest BCUT2D eigenvalue weighted by molar-refractivity contribution is 7.10. The van der Waals surface area contributed by atoms with E-state index in [0.717, 1.165) is 18.1 Å². The summed E-state index contributed by atoms with van der Waals surface area (Å²) in [5.41, 5.74) is 1.48. The molecule has 2 bridgehead atoms. The van der Waals surface area contributed by atoms with Gasteiger partial charge in [0.2, 0.25) is 0 Å². The Bertz CT molecular complexity index is 403. The zero-order chi connectivity index (χ0) is 13.2. The Hall–Kier alpha value is -0.380. The minimum absolute atomic E-state index is 0.799. The van der Waals surface area contributed by atoms with E-state index in [-0.39, 0.29) is 0 Å². The second-order valence-corrected chi connectivity index (χ2v) is 7.26. The zero-order valence-electron chi connectivity index (χ0n) is 12.2. The second-order valence-electron chi connectivity index (χ2n) is 6.26. The summed E-state index contributed by atoms with van der Waals surface area (Å²) < 4.78 is 0. The number of aryl methyl sites for hydroxylation is 1. The number of thiophene rings is 1. The van der Waals surface area contributed by atoms with Crippen molar-refractivity contribution in [2.24, 2.45) is 0 Å². The van der Waals surface area contributed by atoms with Crippen LogP contribution in [0.2, 0.25) is 0 Å². The van der Waals surface area contributed by atoms with Gasteiger partial charge in [-0.2, -0.15) is 0 Å². The Morgan fingerprint density at radius 3 is 2.63 bits per heavy atom. The van der Waals surface area contributed by atoms with E-state index >= 15 is 0 Å². The first-order valence-electron chi connectivity index (χ1n) is 7.79. The predicted octanol–water partition coefficient (Wildman–Crippen LogP) is 3.55. The van der Waals surface area contributed by atoms with Crippen LogP contribution in [0.3, 0.4) is 0 Å². The summed E-state index contributed by atoms with van der Waals surface area (Å²) in [7, 11) is 0. The van der Waals surface area contributed by atoms with Gasteiger partial charge >= 0.3 is 0 Å². The van der Waals surface area contributed by atoms with Crippen LogP contribution < -0.4 is 5.32 Å². The molecule has 2 aliphatic heterocycles. The molecule has 0 saturated carbocycles. The molecule has 19 heavy (non-hydrogen) atoms. The Morgan fingerprint density at radius 2 is 2.05 bits per heavy atom. The van der Waals surface area contributed by atoms with Crippen molar-refractivity contribution >= 4 is 11.3 Å². The first kappa shape index (κ1) is 13.6. The van der Waals surface area contributed by atoms with Crippen LogP contribution in [0.25, 0.3) is 0 Å². The molecule has 2 fully saturated rings. The van der Waals surface area contributed by atoms with Crippen LogP contribution in [0.5, 0.6) is 0 Å². The van der Waals surface area contributed by atoms with Crippen molar-refractivity contribution in [1.82, 2.24) is 10.2 Å². The minimum Gasteiger partial charge on any atom is -0.311 e. The first-order valence-corrected chi connectivity index (χ1v) is 8.67. The third-order valence-electron chi connectivity index (χ3n) is 4.79. The second kappa shape index (κ2) is 5.94. The van der Waals surface area contributed by atoms with Gasteiger partial charge in [-0.25, -0.2) is 0 Å². The summed E-state index contributed by atoms with van der Waals surface area (Å²) in [6.45, 7) is 6.98. The minimum atomic E-state index is 0.799. The van der Waals surface area contributed by atoms with Gasteiger partial charge in [-0.05, 0) is 62.6 Å². The molecule has 2 aliphatic rings. The van der Waals surface area contributed by atoms with Crippen molar-refractivity contribution in [3.05, 3.63) is 21.9 Å². The highest BCUT2D eigenvalue weighted by Crippen LogP contribution is 2.31. The quantitative estimate of drug-likeness (QED) is 0.886. The fraction of sp³-hybridized carbons (Fsp3) is 0.750. The molecule has 0 aromatic carbocycles. The molecule has 1 aromatic heterocycles. The summed E-state index contributed by atoms with van der Waals surface area (Å²) in [6.07, 6.45) is 6.80. The van der Waals surface area contributed by atoms with E-state index in [2.05, 4.69) is 35.5 Å². The maximum atomic E-state index is 3.76. The van der Waals surface area contributed by atoms with Crippen LogP contribution in [-0.2, 0) is 6.54 Å². The van der Waals surface area contributed by atoms with Crippen molar-refractivity contribution in [2.75, 3.05) is 6.54 Å². The third-order valence-corrected chi connectivity index (χ3v) is 5.80. The van der Waals surface area contributed by atoms with Crippen molar-refractivity contribution in [1.29, 1.82) is 0 Å². The molecule has 3 heteroatoms. The fourth-order valence-electron chi connectivity index (χ4n) is 3.75. The molecule has 0 amide bonds. The first-order chi connectivity index (χ1) is 9.26. The molecule has 2 nitrogen and oxygen atoms in total. The smallest absolute Gasteiger partial charge is 0.0333 e. The molecule has 0 radical (unpaired) electrons. The van der Waals surface area contributed by atoms with Gasteiger partial charge < -0.3 is 5.32 Å². The van der Waals surface area contributed by atoms with E-state index in [1.807, 2.05) is 11.3 Å². The highest BCUT2D eigenvalue weighted by atomic mass is 32.1. The van der Waals surface area contributed by atoms with Gasteiger partial charge in [-0.3, -0.25) is 4.90 Å². The summed E-state index contributed by atoms with van der Waals surface area (Å²) in [4.78, 5) is 4.32. The predicted molar refractivity (Wildman–Crippen MR) is 82.7 cm³/mol. The van der Waals surface area contributed by atoms with Crippen LogP contribution >= 0.6 is 11.3 Å². The van der Waals surface area contributed by atoms with Crippen molar-refractivity contribution in [3.8, 4) is 0 Å². The number of hydrogen-bond donors (Lipinski definition) is 1. The standard InChI is InChI=1S/C16H26N2S/c1-3-7-18(11-16-12(2)6-8-19-16)15-9-13-4-5-14(10-15)17-13/h6,8,13-15,17H,3-5,7,9-11H2,1-2H3. The molecule has 0 spiro atoms. The van der Waals surface area contributed by atoms with E-state index < -0.39 is 0 Å². The largest absolute Gasteiger partial charge is 0.311 e.